The van der Waals surface area contributed by atoms with Gasteiger partial charge in [-0.15, -0.1) is 0 Å². The molecular formula is C23H24N4O3. The SMILES string of the molecule is Cc1nn(Cc2ccc(C(=O)N[C@@H]3CCCc4ccccc43)cc2)c(C)c1[N+](=O)[O-]. The molecule has 1 aliphatic carbocycles. The van der Waals surface area contributed by atoms with Crippen molar-refractivity contribution in [1.82, 2.24) is 15.1 Å². The van der Waals surface area contributed by atoms with Crippen molar-refractivity contribution >= 4 is 11.6 Å². The van der Waals surface area contributed by atoms with Gasteiger partial charge in [0.15, 0.2) is 0 Å². The van der Waals surface area contributed by atoms with Gasteiger partial charge in [-0.05, 0) is 61.9 Å². The molecule has 4 rings (SSSR count). The molecule has 1 aliphatic rings. The molecule has 0 saturated carbocycles. The minimum absolute atomic E-state index is 0.0392. The first kappa shape index (κ1) is 19.8. The lowest BCUT2D eigenvalue weighted by atomic mass is 9.87. The lowest BCUT2D eigenvalue weighted by Crippen LogP contribution is -2.30. The molecule has 0 fully saturated rings. The van der Waals surface area contributed by atoms with Crippen LogP contribution in [-0.2, 0) is 13.0 Å². The first-order chi connectivity index (χ1) is 14.4. The molecule has 0 radical (unpaired) electrons. The highest BCUT2D eigenvalue weighted by Gasteiger charge is 2.23. The topological polar surface area (TPSA) is 90.1 Å². The zero-order valence-electron chi connectivity index (χ0n) is 17.1. The van der Waals surface area contributed by atoms with E-state index in [1.54, 1.807) is 30.7 Å². The highest BCUT2D eigenvalue weighted by molar-refractivity contribution is 5.94. The van der Waals surface area contributed by atoms with Gasteiger partial charge in [0, 0.05) is 5.56 Å². The molecule has 1 aromatic heterocycles. The summed E-state index contributed by atoms with van der Waals surface area (Å²) in [7, 11) is 0. The quantitative estimate of drug-likeness (QED) is 0.508. The van der Waals surface area contributed by atoms with Gasteiger partial charge in [0.2, 0.25) is 0 Å². The van der Waals surface area contributed by atoms with Crippen LogP contribution in [-0.4, -0.2) is 20.6 Å². The van der Waals surface area contributed by atoms with Gasteiger partial charge >= 0.3 is 5.69 Å². The number of amides is 1. The number of carbonyl (C=O) groups excluding carboxylic acids is 1. The number of carbonyl (C=O) groups is 1. The van der Waals surface area contributed by atoms with Crippen molar-refractivity contribution in [3.05, 3.63) is 92.3 Å². The van der Waals surface area contributed by atoms with Crippen molar-refractivity contribution in [3.63, 3.8) is 0 Å². The van der Waals surface area contributed by atoms with Crippen molar-refractivity contribution in [2.75, 3.05) is 0 Å². The largest absolute Gasteiger partial charge is 0.345 e. The summed E-state index contributed by atoms with van der Waals surface area (Å²) in [4.78, 5) is 23.5. The monoisotopic (exact) mass is 404 g/mol. The zero-order valence-corrected chi connectivity index (χ0v) is 17.1. The molecule has 0 spiro atoms. The second-order valence-electron chi connectivity index (χ2n) is 7.75. The third-order valence-corrected chi connectivity index (χ3v) is 5.75. The van der Waals surface area contributed by atoms with Gasteiger partial charge in [-0.25, -0.2) is 0 Å². The average molecular weight is 404 g/mol. The molecule has 1 atom stereocenters. The number of benzene rings is 2. The number of nitrogens with one attached hydrogen (secondary N) is 1. The maximum absolute atomic E-state index is 12.8. The first-order valence-electron chi connectivity index (χ1n) is 10.1. The summed E-state index contributed by atoms with van der Waals surface area (Å²) in [5.74, 6) is -0.0926. The lowest BCUT2D eigenvalue weighted by molar-refractivity contribution is -0.386. The molecular weight excluding hydrogens is 380 g/mol. The molecule has 0 saturated heterocycles. The Labute approximate surface area is 174 Å². The Morgan fingerprint density at radius 3 is 2.63 bits per heavy atom. The molecule has 0 bridgehead atoms. The summed E-state index contributed by atoms with van der Waals surface area (Å²) in [6.45, 7) is 3.75. The fourth-order valence-electron chi connectivity index (χ4n) is 4.19. The molecule has 0 aliphatic heterocycles. The maximum atomic E-state index is 12.8. The van der Waals surface area contributed by atoms with Gasteiger partial charge in [-0.1, -0.05) is 36.4 Å². The number of nitro groups is 1. The number of nitrogens with zero attached hydrogens (tertiary/aromatic N) is 3. The van der Waals surface area contributed by atoms with E-state index in [9.17, 15) is 14.9 Å². The van der Waals surface area contributed by atoms with Crippen LogP contribution in [0.4, 0.5) is 5.69 Å². The van der Waals surface area contributed by atoms with E-state index >= 15 is 0 Å². The van der Waals surface area contributed by atoms with Crippen molar-refractivity contribution in [3.8, 4) is 0 Å². The van der Waals surface area contributed by atoms with Gasteiger partial charge < -0.3 is 5.32 Å². The smallest absolute Gasteiger partial charge is 0.312 e. The Hall–Kier alpha value is -3.48. The van der Waals surface area contributed by atoms with E-state index in [0.717, 1.165) is 24.8 Å². The fourth-order valence-corrected chi connectivity index (χ4v) is 4.19. The van der Waals surface area contributed by atoms with Gasteiger partial charge in [-0.3, -0.25) is 19.6 Å². The summed E-state index contributed by atoms with van der Waals surface area (Å²) >= 11 is 0. The highest BCUT2D eigenvalue weighted by atomic mass is 16.6. The van der Waals surface area contributed by atoms with Gasteiger partial charge in [0.05, 0.1) is 17.5 Å². The Morgan fingerprint density at radius 2 is 1.93 bits per heavy atom. The number of aryl methyl sites for hydroxylation is 2. The van der Waals surface area contributed by atoms with Crippen LogP contribution in [0.1, 0.15) is 57.3 Å². The molecule has 7 heteroatoms. The van der Waals surface area contributed by atoms with E-state index in [4.69, 9.17) is 0 Å². The third-order valence-electron chi connectivity index (χ3n) is 5.75. The van der Waals surface area contributed by atoms with E-state index < -0.39 is 4.92 Å². The maximum Gasteiger partial charge on any atom is 0.312 e. The lowest BCUT2D eigenvalue weighted by Gasteiger charge is -2.26. The molecule has 1 N–H and O–H groups in total. The molecule has 1 heterocycles. The van der Waals surface area contributed by atoms with E-state index in [0.29, 0.717) is 23.5 Å². The summed E-state index contributed by atoms with van der Waals surface area (Å²) in [6, 6.07) is 15.6. The predicted molar refractivity (Wildman–Crippen MR) is 113 cm³/mol. The van der Waals surface area contributed by atoms with Gasteiger partial charge in [0.25, 0.3) is 5.91 Å². The van der Waals surface area contributed by atoms with Crippen LogP contribution in [0.25, 0.3) is 0 Å². The minimum atomic E-state index is -0.398. The van der Waals surface area contributed by atoms with Gasteiger partial charge in [-0.2, -0.15) is 5.10 Å². The van der Waals surface area contributed by atoms with Crippen LogP contribution >= 0.6 is 0 Å². The molecule has 30 heavy (non-hydrogen) atoms. The van der Waals surface area contributed by atoms with Crippen LogP contribution < -0.4 is 5.32 Å². The van der Waals surface area contributed by atoms with Crippen LogP contribution in [0, 0.1) is 24.0 Å². The Morgan fingerprint density at radius 1 is 1.20 bits per heavy atom. The fraction of sp³-hybridized carbons (Fsp3) is 0.304. The minimum Gasteiger partial charge on any atom is -0.345 e. The van der Waals surface area contributed by atoms with Crippen molar-refractivity contribution in [1.29, 1.82) is 0 Å². The molecule has 2 aromatic carbocycles. The number of hydrogen-bond donors (Lipinski definition) is 1. The van der Waals surface area contributed by atoms with Crippen LogP contribution in [0.2, 0.25) is 0 Å². The zero-order chi connectivity index (χ0) is 21.3. The summed E-state index contributed by atoms with van der Waals surface area (Å²) < 4.78 is 1.63. The second-order valence-corrected chi connectivity index (χ2v) is 7.75. The summed E-state index contributed by atoms with van der Waals surface area (Å²) in [5.41, 5.74) is 5.02. The number of aromatic nitrogens is 2. The number of hydrogen-bond acceptors (Lipinski definition) is 4. The van der Waals surface area contributed by atoms with Crippen molar-refractivity contribution < 1.29 is 9.72 Å². The van der Waals surface area contributed by atoms with Crippen LogP contribution in [0.3, 0.4) is 0 Å². The normalized spacial score (nSPS) is 15.5. The summed E-state index contributed by atoms with van der Waals surface area (Å²) in [6.07, 6.45) is 3.06. The number of rotatable bonds is 5. The standard InChI is InChI=1S/C23H24N4O3/c1-15-22(27(29)30)16(2)26(25-15)14-17-10-12-19(13-11-17)23(28)24-21-9-5-7-18-6-3-4-8-20(18)21/h3-4,6,8,10-13,21H,5,7,9,14H2,1-2H3,(H,24,28)/t21-/m1/s1. The molecule has 3 aromatic rings. The summed E-state index contributed by atoms with van der Waals surface area (Å²) in [5, 5.41) is 18.6. The average Bonchev–Trinajstić information content (AvgIpc) is 3.02. The van der Waals surface area contributed by atoms with Crippen molar-refractivity contribution in [2.45, 2.75) is 45.7 Å². The molecule has 154 valence electrons. The molecule has 1 amide bonds. The third kappa shape index (κ3) is 3.83. The predicted octanol–water partition coefficient (Wildman–Crippen LogP) is 4.26. The van der Waals surface area contributed by atoms with E-state index in [1.807, 2.05) is 24.3 Å². The Bertz CT molecular complexity index is 1100. The number of fused-ring (bicyclic) bond motifs is 1. The molecule has 0 unspecified atom stereocenters. The highest BCUT2D eigenvalue weighted by Crippen LogP contribution is 2.29. The van der Waals surface area contributed by atoms with Gasteiger partial charge in [0.1, 0.15) is 11.4 Å². The van der Waals surface area contributed by atoms with E-state index in [-0.39, 0.29) is 17.6 Å². The second kappa shape index (κ2) is 8.10. The van der Waals surface area contributed by atoms with E-state index in [2.05, 4.69) is 22.5 Å². The van der Waals surface area contributed by atoms with Crippen molar-refractivity contribution in [2.24, 2.45) is 0 Å². The Kier molecular flexibility index (Phi) is 5.35. The molecule has 7 nitrogen and oxygen atoms in total. The van der Waals surface area contributed by atoms with Crippen LogP contribution in [0.15, 0.2) is 48.5 Å². The Balaban J connectivity index is 1.46. The van der Waals surface area contributed by atoms with Crippen LogP contribution in [0.5, 0.6) is 0 Å². The first-order valence-corrected chi connectivity index (χ1v) is 10.1. The van der Waals surface area contributed by atoms with E-state index in [1.165, 1.54) is 11.1 Å².